The van der Waals surface area contributed by atoms with Crippen molar-refractivity contribution >= 4 is 0 Å². The van der Waals surface area contributed by atoms with Crippen LogP contribution in [0.2, 0.25) is 0 Å². The van der Waals surface area contributed by atoms with E-state index < -0.39 is 6.04 Å². The Hall–Kier alpha value is -0.960. The van der Waals surface area contributed by atoms with E-state index in [9.17, 15) is 8.78 Å². The van der Waals surface area contributed by atoms with E-state index in [1.807, 2.05) is 0 Å². The molecule has 21 heavy (non-hydrogen) atoms. The van der Waals surface area contributed by atoms with Gasteiger partial charge in [-0.2, -0.15) is 0 Å². The van der Waals surface area contributed by atoms with Crippen molar-refractivity contribution in [2.75, 3.05) is 0 Å². The quantitative estimate of drug-likeness (QED) is 0.804. The zero-order valence-electron chi connectivity index (χ0n) is 13.5. The molecule has 0 spiro atoms. The van der Waals surface area contributed by atoms with E-state index in [4.69, 9.17) is 5.73 Å². The Morgan fingerprint density at radius 3 is 2.14 bits per heavy atom. The van der Waals surface area contributed by atoms with E-state index in [-0.39, 0.29) is 17.6 Å². The third kappa shape index (κ3) is 3.63. The lowest BCUT2D eigenvalue weighted by atomic mass is 9.68. The molecule has 0 radical (unpaired) electrons. The molecule has 1 atom stereocenters. The lowest BCUT2D eigenvalue weighted by molar-refractivity contribution is 0.139. The number of hydrogen-bond donors (Lipinski definition) is 1. The van der Waals surface area contributed by atoms with Gasteiger partial charge in [0.05, 0.1) is 0 Å². The van der Waals surface area contributed by atoms with Crippen LogP contribution in [0, 0.1) is 35.8 Å². The average Bonchev–Trinajstić information content (AvgIpc) is 2.41. The van der Waals surface area contributed by atoms with Crippen LogP contribution in [0.1, 0.15) is 63.6 Å². The highest BCUT2D eigenvalue weighted by atomic mass is 19.1. The van der Waals surface area contributed by atoms with Gasteiger partial charge in [0.15, 0.2) is 0 Å². The topological polar surface area (TPSA) is 26.0 Å². The Balaban J connectivity index is 2.09. The van der Waals surface area contributed by atoms with Gasteiger partial charge in [-0.25, -0.2) is 8.78 Å². The van der Waals surface area contributed by atoms with E-state index in [0.29, 0.717) is 22.5 Å². The fourth-order valence-corrected chi connectivity index (χ4v) is 3.52. The Labute approximate surface area is 126 Å². The van der Waals surface area contributed by atoms with E-state index in [0.717, 1.165) is 25.7 Å². The smallest absolute Gasteiger partial charge is 0.128 e. The van der Waals surface area contributed by atoms with Crippen molar-refractivity contribution in [3.63, 3.8) is 0 Å². The first-order valence-corrected chi connectivity index (χ1v) is 7.91. The van der Waals surface area contributed by atoms with Crippen LogP contribution in [0.4, 0.5) is 8.78 Å². The first-order chi connectivity index (χ1) is 9.70. The van der Waals surface area contributed by atoms with Crippen molar-refractivity contribution < 1.29 is 8.78 Å². The predicted molar refractivity (Wildman–Crippen MR) is 82.9 cm³/mol. The monoisotopic (exact) mass is 295 g/mol. The first-order valence-electron chi connectivity index (χ1n) is 7.91. The van der Waals surface area contributed by atoms with Gasteiger partial charge in [0.25, 0.3) is 0 Å². The normalized spacial score (nSPS) is 24.9. The highest BCUT2D eigenvalue weighted by Crippen LogP contribution is 2.43. The lowest BCUT2D eigenvalue weighted by Crippen LogP contribution is -2.31. The molecular formula is C18H27F2N. The summed E-state index contributed by atoms with van der Waals surface area (Å²) in [6.07, 6.45) is 4.24. The molecular weight excluding hydrogens is 268 g/mol. The van der Waals surface area contributed by atoms with Crippen LogP contribution in [0.3, 0.4) is 0 Å². The molecule has 0 amide bonds. The Morgan fingerprint density at radius 2 is 1.62 bits per heavy atom. The highest BCUT2D eigenvalue weighted by Gasteiger charge is 2.33. The zero-order valence-corrected chi connectivity index (χ0v) is 13.5. The Bertz CT molecular complexity index is 497. The van der Waals surface area contributed by atoms with E-state index in [1.165, 1.54) is 12.1 Å². The third-order valence-electron chi connectivity index (χ3n) is 5.14. The maximum Gasteiger partial charge on any atom is 0.128 e. The van der Waals surface area contributed by atoms with Gasteiger partial charge >= 0.3 is 0 Å². The standard InChI is InChI=1S/C18H27F2N/c1-11-9-16(20)14(10-15(11)19)17(21)12-5-7-13(8-6-12)18(2,3)4/h9-10,12-13,17H,5-8,21H2,1-4H3. The molecule has 1 saturated carbocycles. The average molecular weight is 295 g/mol. The summed E-state index contributed by atoms with van der Waals surface area (Å²) >= 11 is 0. The third-order valence-corrected chi connectivity index (χ3v) is 5.14. The number of halogens is 2. The molecule has 0 aromatic heterocycles. The Morgan fingerprint density at radius 1 is 1.05 bits per heavy atom. The molecule has 118 valence electrons. The molecule has 1 fully saturated rings. The Kier molecular flexibility index (Phi) is 4.72. The molecule has 2 rings (SSSR count). The summed E-state index contributed by atoms with van der Waals surface area (Å²) in [7, 11) is 0. The largest absolute Gasteiger partial charge is 0.324 e. The molecule has 1 aliphatic rings. The highest BCUT2D eigenvalue weighted by molar-refractivity contribution is 5.28. The fraction of sp³-hybridized carbons (Fsp3) is 0.667. The minimum Gasteiger partial charge on any atom is -0.324 e. The maximum absolute atomic E-state index is 14.1. The van der Waals surface area contributed by atoms with Gasteiger partial charge in [0.2, 0.25) is 0 Å². The molecule has 1 aliphatic carbocycles. The summed E-state index contributed by atoms with van der Waals surface area (Å²) < 4.78 is 27.7. The number of aryl methyl sites for hydroxylation is 1. The summed E-state index contributed by atoms with van der Waals surface area (Å²) in [5.74, 6) is 0.199. The van der Waals surface area contributed by atoms with Crippen molar-refractivity contribution in [2.45, 2.75) is 59.4 Å². The van der Waals surface area contributed by atoms with Gasteiger partial charge < -0.3 is 5.73 Å². The van der Waals surface area contributed by atoms with Crippen LogP contribution in [-0.2, 0) is 0 Å². The maximum atomic E-state index is 14.1. The lowest BCUT2D eigenvalue weighted by Gasteiger charge is -2.38. The van der Waals surface area contributed by atoms with Gasteiger partial charge in [-0.1, -0.05) is 20.8 Å². The number of hydrogen-bond acceptors (Lipinski definition) is 1. The second-order valence-electron chi connectivity index (χ2n) is 7.63. The molecule has 0 heterocycles. The second-order valence-corrected chi connectivity index (χ2v) is 7.63. The van der Waals surface area contributed by atoms with Crippen LogP contribution >= 0.6 is 0 Å². The summed E-state index contributed by atoms with van der Waals surface area (Å²) in [6, 6.07) is 2.14. The summed E-state index contributed by atoms with van der Waals surface area (Å²) in [6.45, 7) is 8.38. The van der Waals surface area contributed by atoms with Crippen molar-refractivity contribution in [1.29, 1.82) is 0 Å². The van der Waals surface area contributed by atoms with Crippen LogP contribution < -0.4 is 5.73 Å². The molecule has 1 nitrogen and oxygen atoms in total. The SMILES string of the molecule is Cc1cc(F)c(C(N)C2CCC(C(C)(C)C)CC2)cc1F. The van der Waals surface area contributed by atoms with Crippen LogP contribution in [0.15, 0.2) is 12.1 Å². The van der Waals surface area contributed by atoms with Gasteiger partial charge in [0.1, 0.15) is 11.6 Å². The minimum atomic E-state index is -0.402. The van der Waals surface area contributed by atoms with Crippen LogP contribution in [0.5, 0.6) is 0 Å². The summed E-state index contributed by atoms with van der Waals surface area (Å²) in [4.78, 5) is 0. The molecule has 1 aromatic carbocycles. The van der Waals surface area contributed by atoms with Crippen molar-refractivity contribution in [1.82, 2.24) is 0 Å². The van der Waals surface area contributed by atoms with Gasteiger partial charge in [0, 0.05) is 11.6 Å². The van der Waals surface area contributed by atoms with E-state index >= 15 is 0 Å². The van der Waals surface area contributed by atoms with Gasteiger partial charge in [-0.15, -0.1) is 0 Å². The van der Waals surface area contributed by atoms with E-state index in [1.54, 1.807) is 6.92 Å². The molecule has 0 saturated heterocycles. The summed E-state index contributed by atoms with van der Waals surface area (Å²) in [5, 5.41) is 0. The molecule has 2 N–H and O–H groups in total. The first kappa shape index (κ1) is 16.4. The van der Waals surface area contributed by atoms with Crippen LogP contribution in [-0.4, -0.2) is 0 Å². The van der Waals surface area contributed by atoms with Crippen LogP contribution in [0.25, 0.3) is 0 Å². The van der Waals surface area contributed by atoms with Crippen molar-refractivity contribution in [3.8, 4) is 0 Å². The van der Waals surface area contributed by atoms with Gasteiger partial charge in [-0.3, -0.25) is 0 Å². The second kappa shape index (κ2) is 6.04. The minimum absolute atomic E-state index is 0.250. The zero-order chi connectivity index (χ0) is 15.8. The van der Waals surface area contributed by atoms with Crippen molar-refractivity contribution in [2.24, 2.45) is 23.0 Å². The molecule has 3 heteroatoms. The molecule has 0 bridgehead atoms. The van der Waals surface area contributed by atoms with Crippen molar-refractivity contribution in [3.05, 3.63) is 34.9 Å². The summed E-state index contributed by atoms with van der Waals surface area (Å²) in [5.41, 5.74) is 7.22. The number of rotatable bonds is 2. The number of nitrogens with two attached hydrogens (primary N) is 1. The van der Waals surface area contributed by atoms with Gasteiger partial charge in [-0.05, 0) is 67.6 Å². The molecule has 1 aromatic rings. The molecule has 0 aliphatic heterocycles. The fourth-order valence-electron chi connectivity index (χ4n) is 3.52. The molecule has 1 unspecified atom stereocenters. The predicted octanol–water partition coefficient (Wildman–Crippen LogP) is 5.13. The van der Waals surface area contributed by atoms with E-state index in [2.05, 4.69) is 20.8 Å². The number of benzene rings is 1.